The van der Waals surface area contributed by atoms with Gasteiger partial charge in [-0.3, -0.25) is 0 Å². The Bertz CT molecular complexity index is 174. The zero-order valence-electron chi connectivity index (χ0n) is 12.5. The normalized spacial score (nSPS) is 30.9. The van der Waals surface area contributed by atoms with Gasteiger partial charge in [0.25, 0.3) is 0 Å². The van der Waals surface area contributed by atoms with Gasteiger partial charge in [0.05, 0.1) is 0 Å². The van der Waals surface area contributed by atoms with Crippen LogP contribution in [0, 0.1) is 23.7 Å². The SMILES string of the molecule is CC.CC(C)C1CCC(C2CCNCC2)CC1. The molecule has 0 amide bonds. The Morgan fingerprint density at radius 1 is 0.765 bits per heavy atom. The molecular weight excluding hydrogens is 206 g/mol. The Balaban J connectivity index is 0.000000686. The summed E-state index contributed by atoms with van der Waals surface area (Å²) < 4.78 is 0. The van der Waals surface area contributed by atoms with Gasteiger partial charge in [-0.05, 0) is 75.3 Å². The molecule has 2 aliphatic rings. The van der Waals surface area contributed by atoms with Gasteiger partial charge in [-0.15, -0.1) is 0 Å². The molecule has 0 spiro atoms. The van der Waals surface area contributed by atoms with E-state index in [0.29, 0.717) is 0 Å². The Morgan fingerprint density at radius 2 is 1.24 bits per heavy atom. The van der Waals surface area contributed by atoms with E-state index in [0.717, 1.165) is 23.7 Å². The van der Waals surface area contributed by atoms with E-state index in [9.17, 15) is 0 Å². The van der Waals surface area contributed by atoms with Crippen LogP contribution in [0.25, 0.3) is 0 Å². The Labute approximate surface area is 109 Å². The quantitative estimate of drug-likeness (QED) is 0.749. The van der Waals surface area contributed by atoms with Crippen LogP contribution in [0.15, 0.2) is 0 Å². The third kappa shape index (κ3) is 4.62. The molecule has 1 saturated heterocycles. The molecule has 0 aromatic heterocycles. The van der Waals surface area contributed by atoms with Gasteiger partial charge in [0.1, 0.15) is 0 Å². The molecule has 1 heteroatoms. The minimum atomic E-state index is 0.916. The fourth-order valence-corrected chi connectivity index (χ4v) is 3.60. The molecule has 0 radical (unpaired) electrons. The molecule has 1 saturated carbocycles. The van der Waals surface area contributed by atoms with Crippen molar-refractivity contribution in [1.29, 1.82) is 0 Å². The minimum absolute atomic E-state index is 0.916. The molecule has 0 bridgehead atoms. The molecule has 2 fully saturated rings. The second kappa shape index (κ2) is 8.13. The lowest BCUT2D eigenvalue weighted by atomic mass is 9.70. The first-order valence-corrected chi connectivity index (χ1v) is 7.98. The average molecular weight is 239 g/mol. The Morgan fingerprint density at radius 3 is 1.71 bits per heavy atom. The smallest absolute Gasteiger partial charge is 0.00462 e. The summed E-state index contributed by atoms with van der Waals surface area (Å²) in [7, 11) is 0. The molecule has 17 heavy (non-hydrogen) atoms. The van der Waals surface area contributed by atoms with Crippen LogP contribution >= 0.6 is 0 Å². The van der Waals surface area contributed by atoms with Crippen LogP contribution in [0.3, 0.4) is 0 Å². The first kappa shape index (κ1) is 15.0. The van der Waals surface area contributed by atoms with E-state index in [4.69, 9.17) is 0 Å². The van der Waals surface area contributed by atoms with Gasteiger partial charge in [0.2, 0.25) is 0 Å². The highest BCUT2D eigenvalue weighted by atomic mass is 14.9. The van der Waals surface area contributed by atoms with Crippen LogP contribution in [-0.4, -0.2) is 13.1 Å². The number of rotatable bonds is 2. The fourth-order valence-electron chi connectivity index (χ4n) is 3.60. The predicted molar refractivity (Wildman–Crippen MR) is 77.2 cm³/mol. The maximum absolute atomic E-state index is 3.48. The lowest BCUT2D eigenvalue weighted by Gasteiger charge is -2.37. The van der Waals surface area contributed by atoms with Crippen molar-refractivity contribution in [2.45, 2.75) is 66.2 Å². The van der Waals surface area contributed by atoms with Crippen LogP contribution in [0.2, 0.25) is 0 Å². The molecule has 0 aromatic rings. The van der Waals surface area contributed by atoms with E-state index in [1.54, 1.807) is 0 Å². The van der Waals surface area contributed by atoms with Crippen molar-refractivity contribution in [3.05, 3.63) is 0 Å². The predicted octanol–water partition coefficient (Wildman–Crippen LogP) is 4.47. The number of hydrogen-bond donors (Lipinski definition) is 1. The molecule has 0 atom stereocenters. The van der Waals surface area contributed by atoms with Crippen molar-refractivity contribution in [2.24, 2.45) is 23.7 Å². The molecule has 0 aromatic carbocycles. The van der Waals surface area contributed by atoms with E-state index in [1.807, 2.05) is 13.8 Å². The van der Waals surface area contributed by atoms with Crippen LogP contribution < -0.4 is 5.32 Å². The monoisotopic (exact) mass is 239 g/mol. The van der Waals surface area contributed by atoms with E-state index in [2.05, 4.69) is 19.2 Å². The van der Waals surface area contributed by atoms with Crippen LogP contribution in [0.5, 0.6) is 0 Å². The van der Waals surface area contributed by atoms with Gasteiger partial charge in [0.15, 0.2) is 0 Å². The van der Waals surface area contributed by atoms with Crippen molar-refractivity contribution in [2.75, 3.05) is 13.1 Å². The summed E-state index contributed by atoms with van der Waals surface area (Å²) in [6, 6.07) is 0. The van der Waals surface area contributed by atoms with Crippen molar-refractivity contribution < 1.29 is 0 Å². The first-order chi connectivity index (χ1) is 8.27. The lowest BCUT2D eigenvalue weighted by molar-refractivity contribution is 0.152. The number of nitrogens with one attached hydrogen (secondary N) is 1. The molecule has 1 N–H and O–H groups in total. The highest BCUT2D eigenvalue weighted by Gasteiger charge is 2.29. The van der Waals surface area contributed by atoms with Gasteiger partial charge in [0, 0.05) is 0 Å². The Hall–Kier alpha value is -0.0400. The highest BCUT2D eigenvalue weighted by Crippen LogP contribution is 2.39. The van der Waals surface area contributed by atoms with E-state index < -0.39 is 0 Å². The van der Waals surface area contributed by atoms with E-state index in [1.165, 1.54) is 51.6 Å². The van der Waals surface area contributed by atoms with Gasteiger partial charge in [-0.2, -0.15) is 0 Å². The van der Waals surface area contributed by atoms with Crippen molar-refractivity contribution in [3.63, 3.8) is 0 Å². The van der Waals surface area contributed by atoms with Crippen molar-refractivity contribution in [1.82, 2.24) is 5.32 Å². The standard InChI is InChI=1S/C14H27N.C2H6/c1-11(2)12-3-5-13(6-4-12)14-7-9-15-10-8-14;1-2/h11-15H,3-10H2,1-2H3;1-2H3. The zero-order valence-corrected chi connectivity index (χ0v) is 12.5. The molecule has 0 unspecified atom stereocenters. The summed E-state index contributed by atoms with van der Waals surface area (Å²) in [5.41, 5.74) is 0. The largest absolute Gasteiger partial charge is 0.317 e. The molecular formula is C16H33N. The summed E-state index contributed by atoms with van der Waals surface area (Å²) in [6.07, 6.45) is 8.94. The third-order valence-electron chi connectivity index (χ3n) is 4.81. The average Bonchev–Trinajstić information content (AvgIpc) is 2.42. The summed E-state index contributed by atoms with van der Waals surface area (Å²) in [6.45, 7) is 11.3. The maximum Gasteiger partial charge on any atom is -0.00462 e. The van der Waals surface area contributed by atoms with Crippen molar-refractivity contribution in [3.8, 4) is 0 Å². The first-order valence-electron chi connectivity index (χ1n) is 7.98. The zero-order chi connectivity index (χ0) is 12.7. The van der Waals surface area contributed by atoms with Crippen LogP contribution in [0.1, 0.15) is 66.2 Å². The summed E-state index contributed by atoms with van der Waals surface area (Å²) in [4.78, 5) is 0. The minimum Gasteiger partial charge on any atom is -0.317 e. The maximum atomic E-state index is 3.48. The second-order valence-corrected chi connectivity index (χ2v) is 6.01. The number of piperidine rings is 1. The molecule has 1 nitrogen and oxygen atoms in total. The number of hydrogen-bond acceptors (Lipinski definition) is 1. The van der Waals surface area contributed by atoms with Crippen LogP contribution in [-0.2, 0) is 0 Å². The summed E-state index contributed by atoms with van der Waals surface area (Å²) in [5, 5.41) is 3.48. The van der Waals surface area contributed by atoms with E-state index >= 15 is 0 Å². The van der Waals surface area contributed by atoms with Gasteiger partial charge in [-0.25, -0.2) is 0 Å². The van der Waals surface area contributed by atoms with Gasteiger partial charge >= 0.3 is 0 Å². The third-order valence-corrected chi connectivity index (χ3v) is 4.81. The van der Waals surface area contributed by atoms with Gasteiger partial charge in [-0.1, -0.05) is 27.7 Å². The molecule has 1 aliphatic carbocycles. The fraction of sp³-hybridized carbons (Fsp3) is 1.00. The lowest BCUT2D eigenvalue weighted by Crippen LogP contribution is -2.33. The topological polar surface area (TPSA) is 12.0 Å². The second-order valence-electron chi connectivity index (χ2n) is 6.01. The van der Waals surface area contributed by atoms with Crippen molar-refractivity contribution >= 4 is 0 Å². The molecule has 1 heterocycles. The van der Waals surface area contributed by atoms with Gasteiger partial charge < -0.3 is 5.32 Å². The summed E-state index contributed by atoms with van der Waals surface area (Å²) in [5.74, 6) is 4.07. The Kier molecular flexibility index (Phi) is 7.18. The highest BCUT2D eigenvalue weighted by molar-refractivity contribution is 4.81. The van der Waals surface area contributed by atoms with E-state index in [-0.39, 0.29) is 0 Å². The summed E-state index contributed by atoms with van der Waals surface area (Å²) >= 11 is 0. The molecule has 2 rings (SSSR count). The van der Waals surface area contributed by atoms with Crippen LogP contribution in [0.4, 0.5) is 0 Å². The molecule has 1 aliphatic heterocycles. The molecule has 102 valence electrons.